The van der Waals surface area contributed by atoms with E-state index in [1.54, 1.807) is 25.3 Å². The van der Waals surface area contributed by atoms with Crippen molar-refractivity contribution in [1.82, 2.24) is 0 Å². The first-order chi connectivity index (χ1) is 9.19. The summed E-state index contributed by atoms with van der Waals surface area (Å²) in [6.07, 6.45) is 0.776. The van der Waals surface area contributed by atoms with Gasteiger partial charge in [-0.15, -0.1) is 0 Å². The molecule has 19 heavy (non-hydrogen) atoms. The number of ether oxygens (including phenoxy) is 2. The van der Waals surface area contributed by atoms with Crippen molar-refractivity contribution in [1.29, 1.82) is 0 Å². The Bertz CT molecular complexity index is 608. The Hall–Kier alpha value is -2.49. The number of carbonyl (C=O) groups is 1. The summed E-state index contributed by atoms with van der Waals surface area (Å²) in [4.78, 5) is 11.0. The van der Waals surface area contributed by atoms with Crippen LogP contribution < -0.4 is 15.2 Å². The third-order valence-corrected chi connectivity index (χ3v) is 2.83. The Morgan fingerprint density at radius 2 is 1.89 bits per heavy atom. The molecule has 0 aromatic heterocycles. The van der Waals surface area contributed by atoms with Crippen molar-refractivity contribution in [2.45, 2.75) is 0 Å². The maximum atomic E-state index is 11.0. The quantitative estimate of drug-likeness (QED) is 0.675. The molecule has 2 aromatic carbocycles. The molecular formula is C15H15NO3. The fourth-order valence-electron chi connectivity index (χ4n) is 1.97. The number of nitrogen functional groups attached to an aromatic ring is 1. The Kier molecular flexibility index (Phi) is 3.71. The minimum Gasteiger partial charge on any atom is -0.493 e. The van der Waals surface area contributed by atoms with E-state index in [-0.39, 0.29) is 0 Å². The van der Waals surface area contributed by atoms with Crippen LogP contribution in [-0.2, 0) is 0 Å². The fourth-order valence-corrected chi connectivity index (χ4v) is 1.97. The molecule has 4 nitrogen and oxygen atoms in total. The van der Waals surface area contributed by atoms with Crippen LogP contribution in [0.15, 0.2) is 36.4 Å². The van der Waals surface area contributed by atoms with Crippen molar-refractivity contribution in [3.63, 3.8) is 0 Å². The summed E-state index contributed by atoms with van der Waals surface area (Å²) in [5.74, 6) is 1.10. The van der Waals surface area contributed by atoms with E-state index in [2.05, 4.69) is 0 Å². The molecule has 2 rings (SSSR count). The monoisotopic (exact) mass is 257 g/mol. The molecule has 0 saturated heterocycles. The lowest BCUT2D eigenvalue weighted by Gasteiger charge is -2.14. The Balaban J connectivity index is 2.69. The lowest BCUT2D eigenvalue weighted by atomic mass is 10.0. The molecule has 0 aliphatic carbocycles. The predicted octanol–water partition coefficient (Wildman–Crippen LogP) is 2.77. The van der Waals surface area contributed by atoms with E-state index in [4.69, 9.17) is 15.2 Å². The van der Waals surface area contributed by atoms with Crippen LogP contribution in [0.2, 0.25) is 0 Å². The maximum absolute atomic E-state index is 11.0. The Labute approximate surface area is 111 Å². The van der Waals surface area contributed by atoms with Gasteiger partial charge in [-0.25, -0.2) is 0 Å². The van der Waals surface area contributed by atoms with Crippen LogP contribution in [0.25, 0.3) is 11.1 Å². The normalized spacial score (nSPS) is 10.0. The first-order valence-corrected chi connectivity index (χ1v) is 5.76. The van der Waals surface area contributed by atoms with Gasteiger partial charge in [-0.2, -0.15) is 0 Å². The molecule has 0 spiro atoms. The summed E-state index contributed by atoms with van der Waals surface area (Å²) in [7, 11) is 3.10. The smallest absolute Gasteiger partial charge is 0.168 e. The molecule has 0 unspecified atom stereocenters. The topological polar surface area (TPSA) is 61.5 Å². The molecule has 98 valence electrons. The molecule has 0 saturated carbocycles. The van der Waals surface area contributed by atoms with Crippen LogP contribution in [0.4, 0.5) is 5.69 Å². The van der Waals surface area contributed by atoms with Crippen molar-refractivity contribution in [2.24, 2.45) is 0 Å². The third-order valence-electron chi connectivity index (χ3n) is 2.83. The molecule has 0 fully saturated rings. The van der Waals surface area contributed by atoms with E-state index in [0.717, 1.165) is 17.4 Å². The second kappa shape index (κ2) is 5.44. The highest BCUT2D eigenvalue weighted by Gasteiger charge is 2.14. The standard InChI is InChI=1S/C15H15NO3/c1-18-14-7-10(9-17)6-13(15(14)19-2)11-4-3-5-12(16)8-11/h3-9H,16H2,1-2H3. The Morgan fingerprint density at radius 1 is 1.11 bits per heavy atom. The second-order valence-electron chi connectivity index (χ2n) is 4.05. The van der Waals surface area contributed by atoms with Crippen molar-refractivity contribution >= 4 is 12.0 Å². The van der Waals surface area contributed by atoms with Gasteiger partial charge in [0.2, 0.25) is 0 Å². The van der Waals surface area contributed by atoms with E-state index in [0.29, 0.717) is 22.7 Å². The molecule has 2 aromatic rings. The van der Waals surface area contributed by atoms with Crippen LogP contribution in [0.5, 0.6) is 11.5 Å². The lowest BCUT2D eigenvalue weighted by molar-refractivity contribution is 0.112. The predicted molar refractivity (Wildman–Crippen MR) is 74.8 cm³/mol. The summed E-state index contributed by atoms with van der Waals surface area (Å²) in [5.41, 5.74) is 8.61. The molecule has 0 atom stereocenters. The summed E-state index contributed by atoms with van der Waals surface area (Å²) in [6.45, 7) is 0. The summed E-state index contributed by atoms with van der Waals surface area (Å²) >= 11 is 0. The van der Waals surface area contributed by atoms with Gasteiger partial charge < -0.3 is 15.2 Å². The number of hydrogen-bond acceptors (Lipinski definition) is 4. The summed E-state index contributed by atoms with van der Waals surface area (Å²) in [5, 5.41) is 0. The van der Waals surface area contributed by atoms with Crippen molar-refractivity contribution in [3.8, 4) is 22.6 Å². The molecule has 0 aliphatic rings. The number of nitrogens with two attached hydrogens (primary N) is 1. The van der Waals surface area contributed by atoms with E-state index in [1.165, 1.54) is 7.11 Å². The number of rotatable bonds is 4. The van der Waals surface area contributed by atoms with Gasteiger partial charge in [-0.3, -0.25) is 4.79 Å². The van der Waals surface area contributed by atoms with Gasteiger partial charge >= 0.3 is 0 Å². The van der Waals surface area contributed by atoms with Gasteiger partial charge in [-0.05, 0) is 29.8 Å². The molecule has 0 bridgehead atoms. The van der Waals surface area contributed by atoms with Crippen LogP contribution >= 0.6 is 0 Å². The van der Waals surface area contributed by atoms with Gasteiger partial charge in [0.1, 0.15) is 6.29 Å². The zero-order chi connectivity index (χ0) is 13.8. The second-order valence-corrected chi connectivity index (χ2v) is 4.05. The van der Waals surface area contributed by atoms with Crippen LogP contribution in [0.3, 0.4) is 0 Å². The lowest BCUT2D eigenvalue weighted by Crippen LogP contribution is -1.96. The highest BCUT2D eigenvalue weighted by molar-refractivity contribution is 5.84. The largest absolute Gasteiger partial charge is 0.493 e. The van der Waals surface area contributed by atoms with E-state index in [9.17, 15) is 4.79 Å². The van der Waals surface area contributed by atoms with Crippen LogP contribution in [0.1, 0.15) is 10.4 Å². The first-order valence-electron chi connectivity index (χ1n) is 5.76. The molecule has 0 radical (unpaired) electrons. The van der Waals surface area contributed by atoms with Crippen molar-refractivity contribution < 1.29 is 14.3 Å². The average molecular weight is 257 g/mol. The molecular weight excluding hydrogens is 242 g/mol. The van der Waals surface area contributed by atoms with Gasteiger partial charge in [-0.1, -0.05) is 12.1 Å². The van der Waals surface area contributed by atoms with Crippen LogP contribution in [-0.4, -0.2) is 20.5 Å². The fraction of sp³-hybridized carbons (Fsp3) is 0.133. The minimum absolute atomic E-state index is 0.518. The molecule has 2 N–H and O–H groups in total. The molecule has 4 heteroatoms. The molecule has 0 amide bonds. The van der Waals surface area contributed by atoms with Gasteiger partial charge in [0, 0.05) is 16.8 Å². The van der Waals surface area contributed by atoms with E-state index in [1.807, 2.05) is 18.2 Å². The number of aldehydes is 1. The molecule has 0 heterocycles. The maximum Gasteiger partial charge on any atom is 0.168 e. The minimum atomic E-state index is 0.518. The number of hydrogen-bond donors (Lipinski definition) is 1. The number of carbonyl (C=O) groups excluding carboxylic acids is 1. The zero-order valence-corrected chi connectivity index (χ0v) is 10.8. The van der Waals surface area contributed by atoms with E-state index >= 15 is 0 Å². The third kappa shape index (κ3) is 2.52. The number of anilines is 1. The highest BCUT2D eigenvalue weighted by atomic mass is 16.5. The van der Waals surface area contributed by atoms with Gasteiger partial charge in [0.25, 0.3) is 0 Å². The Morgan fingerprint density at radius 3 is 2.47 bits per heavy atom. The van der Waals surface area contributed by atoms with Gasteiger partial charge in [0.05, 0.1) is 14.2 Å². The summed E-state index contributed by atoms with van der Waals surface area (Å²) in [6, 6.07) is 10.8. The summed E-state index contributed by atoms with van der Waals surface area (Å²) < 4.78 is 10.6. The van der Waals surface area contributed by atoms with Gasteiger partial charge in [0.15, 0.2) is 11.5 Å². The number of benzene rings is 2. The average Bonchev–Trinajstić information content (AvgIpc) is 2.45. The number of methoxy groups -OCH3 is 2. The molecule has 0 aliphatic heterocycles. The zero-order valence-electron chi connectivity index (χ0n) is 10.8. The first kappa shape index (κ1) is 13.0. The van der Waals surface area contributed by atoms with Crippen molar-refractivity contribution in [3.05, 3.63) is 42.0 Å². The van der Waals surface area contributed by atoms with E-state index < -0.39 is 0 Å². The highest BCUT2D eigenvalue weighted by Crippen LogP contribution is 2.39. The van der Waals surface area contributed by atoms with Crippen molar-refractivity contribution in [2.75, 3.05) is 20.0 Å². The SMILES string of the molecule is COc1cc(C=O)cc(-c2cccc(N)c2)c1OC. The van der Waals surface area contributed by atoms with Crippen LogP contribution in [0, 0.1) is 0 Å².